The molecule has 0 aromatic carbocycles. The Morgan fingerprint density at radius 3 is 0.907 bits per heavy atom. The Kier molecular flexibility index (Phi) is 41.3. The van der Waals surface area contributed by atoms with Crippen molar-refractivity contribution >= 4 is 17.9 Å². The Morgan fingerprint density at radius 2 is 0.611 bits per heavy atom. The zero-order valence-electron chi connectivity index (χ0n) is 36.7. The van der Waals surface area contributed by atoms with Gasteiger partial charge < -0.3 is 14.2 Å². The minimum absolute atomic E-state index is 0.0634. The molecule has 0 radical (unpaired) electrons. The van der Waals surface area contributed by atoms with Gasteiger partial charge in [0, 0.05) is 19.3 Å². The van der Waals surface area contributed by atoms with Gasteiger partial charge in [-0.2, -0.15) is 0 Å². The number of hydrogen-bond donors (Lipinski definition) is 0. The summed E-state index contributed by atoms with van der Waals surface area (Å²) in [6.45, 7) is 8.99. The quantitative estimate of drug-likeness (QED) is 0.0349. The van der Waals surface area contributed by atoms with Gasteiger partial charge in [0.2, 0.25) is 0 Å². The van der Waals surface area contributed by atoms with Crippen molar-refractivity contribution in [2.24, 2.45) is 5.92 Å². The number of ether oxygens (including phenoxy) is 3. The van der Waals surface area contributed by atoms with Crippen molar-refractivity contribution in [3.8, 4) is 0 Å². The molecule has 0 saturated carbocycles. The summed E-state index contributed by atoms with van der Waals surface area (Å²) in [6, 6.07) is 0. The molecule has 0 aromatic heterocycles. The average molecular weight is 765 g/mol. The topological polar surface area (TPSA) is 78.9 Å². The fourth-order valence-electron chi connectivity index (χ4n) is 7.16. The van der Waals surface area contributed by atoms with Gasteiger partial charge in [-0.05, 0) is 25.2 Å². The monoisotopic (exact) mass is 765 g/mol. The van der Waals surface area contributed by atoms with Crippen LogP contribution in [0.2, 0.25) is 0 Å². The van der Waals surface area contributed by atoms with Crippen LogP contribution in [-0.2, 0) is 28.6 Å². The standard InChI is InChI=1S/C48H92O6/c1-5-7-9-11-13-15-17-20-24-28-32-36-40-47(50)53-43-45(42-52-46(49)39-35-31-27-23-16-14-12-10-8-6-2)54-48(51)41-37-33-29-25-21-18-19-22-26-30-34-38-44(3)4/h44-45H,5-43H2,1-4H3/t45-/m0/s1. The van der Waals surface area contributed by atoms with E-state index >= 15 is 0 Å². The Bertz CT molecular complexity index is 811. The highest BCUT2D eigenvalue weighted by Crippen LogP contribution is 2.16. The van der Waals surface area contributed by atoms with Crippen LogP contribution in [0.3, 0.4) is 0 Å². The maximum absolute atomic E-state index is 12.7. The van der Waals surface area contributed by atoms with Crippen molar-refractivity contribution < 1.29 is 28.6 Å². The largest absolute Gasteiger partial charge is 0.462 e. The molecular weight excluding hydrogens is 673 g/mol. The van der Waals surface area contributed by atoms with Gasteiger partial charge in [-0.15, -0.1) is 0 Å². The molecule has 0 aliphatic carbocycles. The molecule has 0 unspecified atom stereocenters. The third-order valence-corrected chi connectivity index (χ3v) is 10.8. The van der Waals surface area contributed by atoms with E-state index in [1.807, 2.05) is 0 Å². The zero-order chi connectivity index (χ0) is 39.6. The first-order chi connectivity index (χ1) is 26.4. The van der Waals surface area contributed by atoms with E-state index in [4.69, 9.17) is 14.2 Å². The van der Waals surface area contributed by atoms with Gasteiger partial charge in [0.25, 0.3) is 0 Å². The van der Waals surface area contributed by atoms with E-state index in [1.165, 1.54) is 161 Å². The molecule has 0 amide bonds. The molecule has 0 fully saturated rings. The highest BCUT2D eigenvalue weighted by atomic mass is 16.6. The van der Waals surface area contributed by atoms with Crippen LogP contribution < -0.4 is 0 Å². The van der Waals surface area contributed by atoms with Crippen LogP contribution in [-0.4, -0.2) is 37.2 Å². The van der Waals surface area contributed by atoms with Crippen molar-refractivity contribution in [2.75, 3.05) is 13.2 Å². The SMILES string of the molecule is CCCCCCCCCCCCCCC(=O)OC[C@H](COC(=O)CCCCCCCCCCCC)OC(=O)CCCCCCCCCCCCCC(C)C. The molecule has 1 atom stereocenters. The zero-order valence-corrected chi connectivity index (χ0v) is 36.7. The Balaban J connectivity index is 4.32. The number of rotatable bonds is 43. The van der Waals surface area contributed by atoms with E-state index in [-0.39, 0.29) is 31.1 Å². The van der Waals surface area contributed by atoms with Gasteiger partial charge in [0.1, 0.15) is 13.2 Å². The van der Waals surface area contributed by atoms with E-state index in [1.54, 1.807) is 0 Å². The lowest BCUT2D eigenvalue weighted by Gasteiger charge is -2.18. The predicted molar refractivity (Wildman–Crippen MR) is 229 cm³/mol. The summed E-state index contributed by atoms with van der Waals surface area (Å²) >= 11 is 0. The third-order valence-electron chi connectivity index (χ3n) is 10.8. The molecule has 6 nitrogen and oxygen atoms in total. The third kappa shape index (κ3) is 41.6. The Morgan fingerprint density at radius 1 is 0.352 bits per heavy atom. The van der Waals surface area contributed by atoms with Crippen molar-refractivity contribution in [3.05, 3.63) is 0 Å². The summed E-state index contributed by atoms with van der Waals surface area (Å²) in [5.41, 5.74) is 0. The van der Waals surface area contributed by atoms with Crippen LogP contribution in [0.1, 0.15) is 265 Å². The van der Waals surface area contributed by atoms with Crippen molar-refractivity contribution in [1.82, 2.24) is 0 Å². The van der Waals surface area contributed by atoms with Gasteiger partial charge >= 0.3 is 17.9 Å². The summed E-state index contributed by atoms with van der Waals surface area (Å²) in [6.07, 6.45) is 42.2. The number of esters is 3. The normalized spacial score (nSPS) is 11.9. The maximum atomic E-state index is 12.7. The number of hydrogen-bond acceptors (Lipinski definition) is 6. The Labute approximate surface area is 336 Å². The summed E-state index contributed by atoms with van der Waals surface area (Å²) in [5.74, 6) is -0.0269. The Hall–Kier alpha value is -1.59. The molecule has 0 N–H and O–H groups in total. The van der Waals surface area contributed by atoms with Gasteiger partial charge in [-0.1, -0.05) is 227 Å². The summed E-state index contributed by atoms with van der Waals surface area (Å²) in [5, 5.41) is 0. The lowest BCUT2D eigenvalue weighted by Crippen LogP contribution is -2.30. The number of carbonyl (C=O) groups excluding carboxylic acids is 3. The van der Waals surface area contributed by atoms with E-state index < -0.39 is 6.10 Å². The summed E-state index contributed by atoms with van der Waals surface area (Å²) in [7, 11) is 0. The first-order valence-electron chi connectivity index (χ1n) is 23.9. The fourth-order valence-corrected chi connectivity index (χ4v) is 7.16. The maximum Gasteiger partial charge on any atom is 0.306 e. The fraction of sp³-hybridized carbons (Fsp3) is 0.938. The van der Waals surface area contributed by atoms with E-state index in [0.29, 0.717) is 19.3 Å². The molecule has 54 heavy (non-hydrogen) atoms. The summed E-state index contributed by atoms with van der Waals surface area (Å²) < 4.78 is 16.7. The summed E-state index contributed by atoms with van der Waals surface area (Å²) in [4.78, 5) is 37.7. The van der Waals surface area contributed by atoms with E-state index in [9.17, 15) is 14.4 Å². The van der Waals surface area contributed by atoms with Gasteiger partial charge in [-0.25, -0.2) is 0 Å². The number of carbonyl (C=O) groups is 3. The molecular formula is C48H92O6. The predicted octanol–water partition coefficient (Wildman–Crippen LogP) is 15.1. The first-order valence-corrected chi connectivity index (χ1v) is 23.9. The molecule has 0 spiro atoms. The smallest absolute Gasteiger partial charge is 0.306 e. The van der Waals surface area contributed by atoms with Crippen molar-refractivity contribution in [3.63, 3.8) is 0 Å². The molecule has 0 aliphatic rings. The molecule has 320 valence electrons. The molecule has 0 rings (SSSR count). The molecule has 0 bridgehead atoms. The van der Waals surface area contributed by atoms with Crippen molar-refractivity contribution in [2.45, 2.75) is 271 Å². The highest BCUT2D eigenvalue weighted by molar-refractivity contribution is 5.71. The minimum Gasteiger partial charge on any atom is -0.462 e. The lowest BCUT2D eigenvalue weighted by atomic mass is 10.0. The molecule has 0 heterocycles. The van der Waals surface area contributed by atoms with Crippen LogP contribution in [0.15, 0.2) is 0 Å². The van der Waals surface area contributed by atoms with E-state index in [0.717, 1.165) is 63.7 Å². The van der Waals surface area contributed by atoms with Crippen LogP contribution in [0.5, 0.6) is 0 Å². The molecule has 0 aromatic rings. The van der Waals surface area contributed by atoms with Crippen LogP contribution >= 0.6 is 0 Å². The second-order valence-electron chi connectivity index (χ2n) is 16.9. The minimum atomic E-state index is -0.759. The van der Waals surface area contributed by atoms with Crippen LogP contribution in [0.25, 0.3) is 0 Å². The lowest BCUT2D eigenvalue weighted by molar-refractivity contribution is -0.167. The second-order valence-corrected chi connectivity index (χ2v) is 16.9. The highest BCUT2D eigenvalue weighted by Gasteiger charge is 2.19. The van der Waals surface area contributed by atoms with E-state index in [2.05, 4.69) is 27.7 Å². The van der Waals surface area contributed by atoms with Crippen LogP contribution in [0, 0.1) is 5.92 Å². The second kappa shape index (κ2) is 42.6. The number of unbranched alkanes of at least 4 members (excludes halogenated alkanes) is 30. The molecule has 0 saturated heterocycles. The van der Waals surface area contributed by atoms with Crippen molar-refractivity contribution in [1.29, 1.82) is 0 Å². The van der Waals surface area contributed by atoms with Crippen LogP contribution in [0.4, 0.5) is 0 Å². The van der Waals surface area contributed by atoms with Gasteiger partial charge in [0.05, 0.1) is 0 Å². The van der Waals surface area contributed by atoms with Gasteiger partial charge in [0.15, 0.2) is 6.10 Å². The average Bonchev–Trinajstić information content (AvgIpc) is 3.15. The molecule has 0 aliphatic heterocycles. The molecule has 6 heteroatoms. The van der Waals surface area contributed by atoms with Gasteiger partial charge in [-0.3, -0.25) is 14.4 Å². The first kappa shape index (κ1) is 52.4.